The molecule has 0 atom stereocenters. The van der Waals surface area contributed by atoms with Crippen LogP contribution in [-0.4, -0.2) is 48.0 Å². The number of phenols is 2. The van der Waals surface area contributed by atoms with Crippen molar-refractivity contribution in [3.8, 4) is 11.5 Å². The summed E-state index contributed by atoms with van der Waals surface area (Å²) < 4.78 is 69.3. The predicted molar refractivity (Wildman–Crippen MR) is 189 cm³/mol. The minimum atomic E-state index is -4.89. The van der Waals surface area contributed by atoms with Crippen molar-refractivity contribution in [2.75, 3.05) is 10.6 Å². The predicted octanol–water partition coefficient (Wildman–Crippen LogP) is 6.57. The molecule has 6 aromatic rings. The fourth-order valence-electron chi connectivity index (χ4n) is 5.40. The highest BCUT2D eigenvalue weighted by Crippen LogP contribution is 2.32. The first kappa shape index (κ1) is 33.8. The normalized spacial score (nSPS) is 12.0. The molecule has 0 aromatic heterocycles. The van der Waals surface area contributed by atoms with E-state index in [-0.39, 0.29) is 45.1 Å². The Balaban J connectivity index is 1.27. The van der Waals surface area contributed by atoms with Crippen molar-refractivity contribution in [1.82, 2.24) is 0 Å². The second-order valence-corrected chi connectivity index (χ2v) is 13.8. The quantitative estimate of drug-likeness (QED) is 0.0739. The number of anilines is 2. The molecule has 0 spiro atoms. The van der Waals surface area contributed by atoms with Crippen molar-refractivity contribution in [1.29, 1.82) is 0 Å². The van der Waals surface area contributed by atoms with Crippen LogP contribution >= 0.6 is 0 Å². The van der Waals surface area contributed by atoms with Crippen LogP contribution in [0.15, 0.2) is 119 Å². The molecule has 0 radical (unpaired) electrons. The third-order valence-corrected chi connectivity index (χ3v) is 9.65. The van der Waals surface area contributed by atoms with Gasteiger partial charge in [0.25, 0.3) is 32.1 Å². The van der Waals surface area contributed by atoms with Crippen LogP contribution in [0.1, 0.15) is 31.8 Å². The molecule has 0 bridgehead atoms. The van der Waals surface area contributed by atoms with E-state index in [2.05, 4.69) is 10.6 Å². The summed E-state index contributed by atoms with van der Waals surface area (Å²) >= 11 is 0. The SMILES string of the molecule is O=C(Nc1ccc(/C=C/c2ccc(NC(=O)c3ccc4ccccc4c3O)cc2S(=O)(=O)O)c(S(=O)(=O)O)c1)c1ccc2ccccc2c1O. The smallest absolute Gasteiger partial charge is 0.295 e. The second-order valence-electron chi connectivity index (χ2n) is 11.1. The van der Waals surface area contributed by atoms with Gasteiger partial charge in [0.1, 0.15) is 21.3 Å². The molecule has 6 N–H and O–H groups in total. The summed E-state index contributed by atoms with van der Waals surface area (Å²) in [6.45, 7) is 0. The van der Waals surface area contributed by atoms with E-state index in [1.807, 2.05) is 0 Å². The Labute approximate surface area is 285 Å². The van der Waals surface area contributed by atoms with Gasteiger partial charge in [0, 0.05) is 22.1 Å². The molecule has 252 valence electrons. The summed E-state index contributed by atoms with van der Waals surface area (Å²) in [7, 11) is -9.78. The summed E-state index contributed by atoms with van der Waals surface area (Å²) in [5.74, 6) is -2.05. The van der Waals surface area contributed by atoms with Gasteiger partial charge in [-0.1, -0.05) is 84.9 Å². The summed E-state index contributed by atoms with van der Waals surface area (Å²) in [5.41, 5.74) is -0.443. The van der Waals surface area contributed by atoms with Crippen molar-refractivity contribution < 1.29 is 45.7 Å². The molecule has 6 aromatic carbocycles. The monoisotopic (exact) mass is 710 g/mol. The van der Waals surface area contributed by atoms with E-state index in [9.17, 15) is 45.7 Å². The molecule has 0 aliphatic rings. The van der Waals surface area contributed by atoms with Crippen LogP contribution < -0.4 is 10.6 Å². The number of nitrogens with one attached hydrogen (secondary N) is 2. The van der Waals surface area contributed by atoms with Crippen molar-refractivity contribution >= 4 is 77.1 Å². The van der Waals surface area contributed by atoms with Gasteiger partial charge in [0.2, 0.25) is 0 Å². The Hall–Kier alpha value is -6.06. The maximum atomic E-state index is 13.0. The number of rotatable bonds is 8. The fraction of sp³-hybridized carbons (Fsp3) is 0. The molecule has 0 unspecified atom stereocenters. The van der Waals surface area contributed by atoms with E-state index in [1.165, 1.54) is 48.6 Å². The third kappa shape index (κ3) is 6.90. The lowest BCUT2D eigenvalue weighted by molar-refractivity contribution is 0.101. The van der Waals surface area contributed by atoms with Crippen LogP contribution in [0.4, 0.5) is 11.4 Å². The van der Waals surface area contributed by atoms with Crippen molar-refractivity contribution in [2.24, 2.45) is 0 Å². The van der Waals surface area contributed by atoms with Crippen LogP contribution in [0.2, 0.25) is 0 Å². The van der Waals surface area contributed by atoms with Crippen molar-refractivity contribution in [2.45, 2.75) is 9.79 Å². The first-order chi connectivity index (χ1) is 23.7. The van der Waals surface area contributed by atoms with E-state index in [0.717, 1.165) is 12.1 Å². The number of benzene rings is 6. The molecule has 50 heavy (non-hydrogen) atoms. The maximum Gasteiger partial charge on any atom is 0.295 e. The van der Waals surface area contributed by atoms with Crippen LogP contribution in [0.25, 0.3) is 33.7 Å². The lowest BCUT2D eigenvalue weighted by Crippen LogP contribution is -2.13. The second kappa shape index (κ2) is 13.1. The summed E-state index contributed by atoms with van der Waals surface area (Å²) in [6.07, 6.45) is 2.33. The van der Waals surface area contributed by atoms with E-state index >= 15 is 0 Å². The van der Waals surface area contributed by atoms with Gasteiger partial charge in [-0.05, 0) is 58.3 Å². The molecule has 0 aliphatic carbocycles. The molecule has 0 heterocycles. The average Bonchev–Trinajstić information content (AvgIpc) is 3.07. The number of amides is 2. The standard InChI is InChI=1S/C36H26N2O10S2/c39-33-27-7-3-1-5-21(27)13-17-29(33)35(41)37-25-15-11-23(31(19-25)49(43,44)45)9-10-24-12-16-26(20-32(24)50(46,47)48)38-36(42)30-18-14-22-6-2-4-8-28(22)34(30)40/h1-20,39-40H,(H,37,41)(H,38,42)(H,43,44,45)(H,46,47,48)/b10-9+. The molecule has 2 amide bonds. The number of phenolic OH excluding ortho intramolecular Hbond substituents is 2. The topological polar surface area (TPSA) is 207 Å². The van der Waals surface area contributed by atoms with Gasteiger partial charge in [-0.15, -0.1) is 0 Å². The first-order valence-electron chi connectivity index (χ1n) is 14.7. The number of carbonyl (C=O) groups is 2. The van der Waals surface area contributed by atoms with Crippen LogP contribution in [0.3, 0.4) is 0 Å². The first-order valence-corrected chi connectivity index (χ1v) is 17.5. The van der Waals surface area contributed by atoms with Gasteiger partial charge < -0.3 is 20.8 Å². The van der Waals surface area contributed by atoms with Gasteiger partial charge in [-0.2, -0.15) is 16.8 Å². The number of hydrogen-bond acceptors (Lipinski definition) is 8. The fourth-order valence-corrected chi connectivity index (χ4v) is 6.82. The van der Waals surface area contributed by atoms with Crippen LogP contribution in [-0.2, 0) is 20.2 Å². The molecule has 6 rings (SSSR count). The summed E-state index contributed by atoms with van der Waals surface area (Å²) in [6, 6.07) is 26.9. The average molecular weight is 711 g/mol. The van der Waals surface area contributed by atoms with Gasteiger partial charge in [0.05, 0.1) is 11.1 Å². The molecular formula is C36H26N2O10S2. The van der Waals surface area contributed by atoms with E-state index < -0.39 is 41.8 Å². The largest absolute Gasteiger partial charge is 0.506 e. The Morgan fingerprint density at radius 1 is 0.520 bits per heavy atom. The number of fused-ring (bicyclic) bond motifs is 2. The maximum absolute atomic E-state index is 13.0. The zero-order chi connectivity index (χ0) is 35.8. The van der Waals surface area contributed by atoms with Gasteiger partial charge in [0.15, 0.2) is 0 Å². The minimum Gasteiger partial charge on any atom is -0.506 e. The molecule has 0 aliphatic heterocycles. The van der Waals surface area contributed by atoms with E-state index in [1.54, 1.807) is 60.7 Å². The Morgan fingerprint density at radius 3 is 1.28 bits per heavy atom. The highest BCUT2D eigenvalue weighted by molar-refractivity contribution is 7.86. The zero-order valence-electron chi connectivity index (χ0n) is 25.6. The van der Waals surface area contributed by atoms with Crippen molar-refractivity contribution in [3.63, 3.8) is 0 Å². The highest BCUT2D eigenvalue weighted by atomic mass is 32.2. The highest BCUT2D eigenvalue weighted by Gasteiger charge is 2.21. The van der Waals surface area contributed by atoms with Crippen molar-refractivity contribution in [3.05, 3.63) is 131 Å². The summed E-state index contributed by atoms with van der Waals surface area (Å²) in [5, 5.41) is 28.5. The van der Waals surface area contributed by atoms with Gasteiger partial charge in [-0.3, -0.25) is 18.7 Å². The number of aromatic hydroxyl groups is 2. The van der Waals surface area contributed by atoms with E-state index in [0.29, 0.717) is 21.5 Å². The summed E-state index contributed by atoms with van der Waals surface area (Å²) in [4.78, 5) is 24.7. The van der Waals surface area contributed by atoms with Gasteiger partial charge in [-0.25, -0.2) is 0 Å². The molecule has 12 nitrogen and oxygen atoms in total. The Bertz CT molecular complexity index is 2440. The Kier molecular flexibility index (Phi) is 8.86. The number of carbonyl (C=O) groups excluding carboxylic acids is 2. The molecule has 0 fully saturated rings. The molecule has 0 saturated heterocycles. The lowest BCUT2D eigenvalue weighted by atomic mass is 10.0. The molecule has 14 heteroatoms. The number of hydrogen-bond donors (Lipinski definition) is 6. The van der Waals surface area contributed by atoms with Crippen LogP contribution in [0, 0.1) is 0 Å². The lowest BCUT2D eigenvalue weighted by Gasteiger charge is -2.12. The van der Waals surface area contributed by atoms with E-state index in [4.69, 9.17) is 0 Å². The molecule has 0 saturated carbocycles. The van der Waals surface area contributed by atoms with Crippen LogP contribution in [0.5, 0.6) is 11.5 Å². The van der Waals surface area contributed by atoms with Gasteiger partial charge >= 0.3 is 0 Å². The minimum absolute atomic E-state index is 0.0384. The third-order valence-electron chi connectivity index (χ3n) is 7.83. The molecular weight excluding hydrogens is 685 g/mol. The Morgan fingerprint density at radius 2 is 0.900 bits per heavy atom. The zero-order valence-corrected chi connectivity index (χ0v) is 27.2.